The van der Waals surface area contributed by atoms with Gasteiger partial charge in [0.1, 0.15) is 11.6 Å². The molecular weight excluding hydrogens is 538 g/mol. The van der Waals surface area contributed by atoms with Gasteiger partial charge in [0.15, 0.2) is 27.4 Å². The topological polar surface area (TPSA) is 137 Å². The molecule has 1 aliphatic rings. The summed E-state index contributed by atoms with van der Waals surface area (Å²) in [7, 11) is 0. The molecule has 0 bridgehead atoms. The summed E-state index contributed by atoms with van der Waals surface area (Å²) in [4.78, 5) is 28.2. The highest BCUT2D eigenvalue weighted by Gasteiger charge is 2.48. The van der Waals surface area contributed by atoms with Gasteiger partial charge in [-0.1, -0.05) is 83.8 Å². The predicted molar refractivity (Wildman–Crippen MR) is 146 cm³/mol. The number of aliphatic hydroxyl groups excluding tert-OH is 1. The average Bonchev–Trinajstić information content (AvgIpc) is 3.66. The Kier molecular flexibility index (Phi) is 6.29. The minimum atomic E-state index is -1.30. The molecule has 1 unspecified atom stereocenters. The highest BCUT2D eigenvalue weighted by Crippen LogP contribution is 2.47. The Morgan fingerprint density at radius 2 is 1.74 bits per heavy atom. The minimum absolute atomic E-state index is 0.0283. The number of benzene rings is 3. The molecule has 0 fully saturated rings. The van der Waals surface area contributed by atoms with Crippen molar-refractivity contribution in [1.29, 1.82) is 0 Å². The van der Waals surface area contributed by atoms with Crippen molar-refractivity contribution in [3.05, 3.63) is 107 Å². The predicted octanol–water partition coefficient (Wildman–Crippen LogP) is 5.77. The van der Waals surface area contributed by atoms with Crippen molar-refractivity contribution in [2.24, 2.45) is 0 Å². The lowest BCUT2D eigenvalue weighted by atomic mass is 9.94. The monoisotopic (exact) mass is 557 g/mol. The molecule has 3 heterocycles. The Balaban J connectivity index is 1.40. The van der Waals surface area contributed by atoms with E-state index in [9.17, 15) is 24.9 Å². The fourth-order valence-electron chi connectivity index (χ4n) is 4.40. The van der Waals surface area contributed by atoms with Gasteiger partial charge in [0.2, 0.25) is 10.9 Å². The van der Waals surface area contributed by atoms with Crippen LogP contribution in [0.2, 0.25) is 0 Å². The summed E-state index contributed by atoms with van der Waals surface area (Å²) in [5.74, 6) is -2.88. The maximum Gasteiger partial charge on any atom is 0.296 e. The fourth-order valence-corrected chi connectivity index (χ4v) is 6.23. The zero-order valence-corrected chi connectivity index (χ0v) is 21.6. The van der Waals surface area contributed by atoms with Crippen LogP contribution in [0.5, 0.6) is 11.5 Å². The minimum Gasteiger partial charge on any atom is -0.504 e. The van der Waals surface area contributed by atoms with Crippen LogP contribution in [0.25, 0.3) is 11.0 Å². The third-order valence-electron chi connectivity index (χ3n) is 6.25. The SMILES string of the molecule is O=C(C1=C(O)C(=O)N(c2nnc(SCc3ccccc3)s2)C1c1cccc(O)c1O)c1cc2ccccc2o1. The molecule has 1 amide bonds. The number of carbonyl (C=O) groups excluding carboxylic acids is 2. The number of nitrogens with zero attached hydrogens (tertiary/aromatic N) is 3. The van der Waals surface area contributed by atoms with Crippen molar-refractivity contribution in [3.63, 3.8) is 0 Å². The molecule has 39 heavy (non-hydrogen) atoms. The summed E-state index contributed by atoms with van der Waals surface area (Å²) in [5.41, 5.74) is 1.26. The molecule has 0 saturated carbocycles. The van der Waals surface area contributed by atoms with Crippen LogP contribution in [0.4, 0.5) is 5.13 Å². The molecule has 1 atom stereocenters. The Morgan fingerprint density at radius 1 is 0.974 bits per heavy atom. The number of para-hydroxylation sites is 2. The van der Waals surface area contributed by atoms with Crippen LogP contribution in [-0.4, -0.2) is 37.2 Å². The van der Waals surface area contributed by atoms with E-state index < -0.39 is 35.0 Å². The lowest BCUT2D eigenvalue weighted by Crippen LogP contribution is -2.31. The van der Waals surface area contributed by atoms with Crippen LogP contribution in [0.1, 0.15) is 27.7 Å². The van der Waals surface area contributed by atoms with Crippen LogP contribution in [-0.2, 0) is 10.5 Å². The molecule has 11 heteroatoms. The number of amides is 1. The number of rotatable bonds is 7. The van der Waals surface area contributed by atoms with Crippen LogP contribution >= 0.6 is 23.1 Å². The number of fused-ring (bicyclic) bond motifs is 1. The molecule has 0 saturated heterocycles. The Bertz CT molecular complexity index is 1730. The lowest BCUT2D eigenvalue weighted by molar-refractivity contribution is -0.117. The van der Waals surface area contributed by atoms with Crippen LogP contribution in [0.15, 0.2) is 99.0 Å². The molecule has 5 aromatic rings. The number of hydrogen-bond donors (Lipinski definition) is 3. The molecule has 9 nitrogen and oxygen atoms in total. The van der Waals surface area contributed by atoms with Gasteiger partial charge in [-0.2, -0.15) is 0 Å². The van der Waals surface area contributed by atoms with E-state index >= 15 is 0 Å². The number of ketones is 1. The van der Waals surface area contributed by atoms with Crippen LogP contribution < -0.4 is 4.90 Å². The fraction of sp³-hybridized carbons (Fsp3) is 0.0714. The summed E-state index contributed by atoms with van der Waals surface area (Å²) >= 11 is 2.53. The Labute approximate surface area is 229 Å². The van der Waals surface area contributed by atoms with E-state index in [0.29, 0.717) is 21.1 Å². The Hall–Kier alpha value is -4.61. The zero-order chi connectivity index (χ0) is 27.1. The van der Waals surface area contributed by atoms with Crippen LogP contribution in [0.3, 0.4) is 0 Å². The molecule has 1 aliphatic heterocycles. The molecule has 6 rings (SSSR count). The third kappa shape index (κ3) is 4.41. The number of furan rings is 1. The van der Waals surface area contributed by atoms with Crippen molar-refractivity contribution in [2.45, 2.75) is 16.1 Å². The van der Waals surface area contributed by atoms with Crippen molar-refractivity contribution in [2.75, 3.05) is 4.90 Å². The molecular formula is C28H19N3O6S2. The molecule has 0 radical (unpaired) electrons. The number of aliphatic hydroxyl groups is 1. The number of carbonyl (C=O) groups is 2. The molecule has 3 N–H and O–H groups in total. The molecule has 2 aromatic heterocycles. The maximum atomic E-state index is 13.7. The summed E-state index contributed by atoms with van der Waals surface area (Å²) in [6.07, 6.45) is 0. The second kappa shape index (κ2) is 9.93. The van der Waals surface area contributed by atoms with Gasteiger partial charge in [-0.3, -0.25) is 14.5 Å². The first-order chi connectivity index (χ1) is 18.9. The average molecular weight is 558 g/mol. The van der Waals surface area contributed by atoms with Crippen molar-refractivity contribution < 1.29 is 29.3 Å². The van der Waals surface area contributed by atoms with E-state index in [4.69, 9.17) is 4.42 Å². The number of Topliss-reactive ketones (excluding diaryl/α,β-unsaturated/α-hetero) is 1. The van der Waals surface area contributed by atoms with E-state index in [1.54, 1.807) is 24.3 Å². The van der Waals surface area contributed by atoms with Gasteiger partial charge in [-0.25, -0.2) is 0 Å². The van der Waals surface area contributed by atoms with Crippen molar-refractivity contribution >= 4 is 50.9 Å². The number of phenols is 2. The molecule has 0 aliphatic carbocycles. The van der Waals surface area contributed by atoms with Gasteiger partial charge in [-0.05, 0) is 23.8 Å². The van der Waals surface area contributed by atoms with Gasteiger partial charge in [0.25, 0.3) is 5.91 Å². The molecule has 3 aromatic carbocycles. The van der Waals surface area contributed by atoms with E-state index in [2.05, 4.69) is 10.2 Å². The van der Waals surface area contributed by atoms with E-state index in [0.717, 1.165) is 21.8 Å². The van der Waals surface area contributed by atoms with Gasteiger partial charge < -0.3 is 19.7 Å². The number of thioether (sulfide) groups is 1. The van der Waals surface area contributed by atoms with Gasteiger partial charge in [-0.15, -0.1) is 10.2 Å². The lowest BCUT2D eigenvalue weighted by Gasteiger charge is -2.24. The normalized spacial score (nSPS) is 15.4. The Morgan fingerprint density at radius 3 is 2.54 bits per heavy atom. The summed E-state index contributed by atoms with van der Waals surface area (Å²) < 4.78 is 6.28. The zero-order valence-electron chi connectivity index (χ0n) is 20.0. The number of phenolic OH excluding ortho intramolecular Hbond substituents is 2. The van der Waals surface area contributed by atoms with Crippen molar-refractivity contribution in [1.82, 2.24) is 10.2 Å². The number of aromatic nitrogens is 2. The molecule has 0 spiro atoms. The van der Waals surface area contributed by atoms with E-state index in [1.165, 1.54) is 36.0 Å². The quantitative estimate of drug-likeness (QED) is 0.0985. The maximum absolute atomic E-state index is 13.7. The van der Waals surface area contributed by atoms with E-state index in [-0.39, 0.29) is 22.0 Å². The summed E-state index contributed by atoms with van der Waals surface area (Å²) in [6, 6.07) is 21.2. The second-order valence-corrected chi connectivity index (χ2v) is 10.8. The highest BCUT2D eigenvalue weighted by atomic mass is 32.2. The number of anilines is 1. The van der Waals surface area contributed by atoms with E-state index in [1.807, 2.05) is 30.3 Å². The highest BCUT2D eigenvalue weighted by molar-refractivity contribution is 8.00. The third-order valence-corrected chi connectivity index (χ3v) is 8.38. The summed E-state index contributed by atoms with van der Waals surface area (Å²) in [6.45, 7) is 0. The number of hydrogen-bond acceptors (Lipinski definition) is 10. The van der Waals surface area contributed by atoms with Gasteiger partial charge in [0.05, 0.1) is 5.57 Å². The molecule has 194 valence electrons. The first kappa shape index (κ1) is 24.7. The standard InChI is InChI=1S/C28H19N3O6S2/c32-18-11-6-10-17(23(18)33)22-21(24(34)20-13-16-9-4-5-12-19(16)37-20)25(35)26(36)31(22)27-29-30-28(39-27)38-14-15-7-2-1-3-8-15/h1-13,22,32-33,35H,14H2. The van der Waals surface area contributed by atoms with Crippen LogP contribution in [0, 0.1) is 0 Å². The first-order valence-electron chi connectivity index (χ1n) is 11.7. The second-order valence-electron chi connectivity index (χ2n) is 8.66. The van der Waals surface area contributed by atoms with Crippen molar-refractivity contribution in [3.8, 4) is 11.5 Å². The first-order valence-corrected chi connectivity index (χ1v) is 13.5. The van der Waals surface area contributed by atoms with Gasteiger partial charge >= 0.3 is 0 Å². The summed E-state index contributed by atoms with van der Waals surface area (Å²) in [5, 5.41) is 41.0. The largest absolute Gasteiger partial charge is 0.504 e. The van der Waals surface area contributed by atoms with Gasteiger partial charge in [0, 0.05) is 16.7 Å². The smallest absolute Gasteiger partial charge is 0.296 e. The number of aromatic hydroxyl groups is 2.